The van der Waals surface area contributed by atoms with Crippen LogP contribution in [0.15, 0.2) is 53.4 Å². The Labute approximate surface area is 149 Å². The van der Waals surface area contributed by atoms with Crippen molar-refractivity contribution in [1.29, 1.82) is 0 Å². The number of rotatable bonds is 7. The van der Waals surface area contributed by atoms with Crippen molar-refractivity contribution < 1.29 is 13.2 Å². The molecular weight excluding hydrogens is 336 g/mol. The summed E-state index contributed by atoms with van der Waals surface area (Å²) in [5.74, 6) is 0.298. The highest BCUT2D eigenvalue weighted by atomic mass is 32.2. The maximum atomic E-state index is 12.5. The molecule has 0 spiro atoms. The van der Waals surface area contributed by atoms with E-state index in [1.54, 1.807) is 43.3 Å². The highest BCUT2D eigenvalue weighted by Gasteiger charge is 2.16. The number of benzene rings is 2. The van der Waals surface area contributed by atoms with Gasteiger partial charge < -0.3 is 5.32 Å². The minimum absolute atomic E-state index is 0.182. The van der Waals surface area contributed by atoms with E-state index in [1.807, 2.05) is 0 Å². The zero-order chi connectivity index (χ0) is 18.4. The molecule has 0 aliphatic rings. The van der Waals surface area contributed by atoms with Gasteiger partial charge in [-0.2, -0.15) is 0 Å². The molecule has 2 rings (SSSR count). The lowest BCUT2D eigenvalue weighted by Crippen LogP contribution is -2.25. The van der Waals surface area contributed by atoms with Crippen molar-refractivity contribution in [2.24, 2.45) is 5.92 Å². The van der Waals surface area contributed by atoms with Gasteiger partial charge in [-0.15, -0.1) is 0 Å². The SMILES string of the molecule is Cc1ccc(C(=O)NCCC(C)C)cc1NS(=O)(=O)c1ccccc1. The molecule has 2 aromatic carbocycles. The van der Waals surface area contributed by atoms with E-state index in [4.69, 9.17) is 0 Å². The van der Waals surface area contributed by atoms with Gasteiger partial charge >= 0.3 is 0 Å². The highest BCUT2D eigenvalue weighted by molar-refractivity contribution is 7.92. The molecule has 5 nitrogen and oxygen atoms in total. The third-order valence-electron chi connectivity index (χ3n) is 3.80. The Morgan fingerprint density at radius 2 is 1.76 bits per heavy atom. The lowest BCUT2D eigenvalue weighted by Gasteiger charge is -2.13. The Morgan fingerprint density at radius 3 is 2.40 bits per heavy atom. The molecule has 0 heterocycles. The normalized spacial score (nSPS) is 11.4. The lowest BCUT2D eigenvalue weighted by atomic mass is 10.1. The number of anilines is 1. The van der Waals surface area contributed by atoms with Crippen LogP contribution < -0.4 is 10.0 Å². The maximum Gasteiger partial charge on any atom is 0.261 e. The topological polar surface area (TPSA) is 75.3 Å². The number of carbonyl (C=O) groups is 1. The van der Waals surface area contributed by atoms with E-state index in [9.17, 15) is 13.2 Å². The molecule has 0 atom stereocenters. The summed E-state index contributed by atoms with van der Waals surface area (Å²) in [7, 11) is -3.69. The summed E-state index contributed by atoms with van der Waals surface area (Å²) in [6.45, 7) is 6.57. The summed E-state index contributed by atoms with van der Waals surface area (Å²) in [6.07, 6.45) is 0.894. The smallest absolute Gasteiger partial charge is 0.261 e. The fourth-order valence-corrected chi connectivity index (χ4v) is 3.40. The first-order valence-corrected chi connectivity index (χ1v) is 9.74. The van der Waals surface area contributed by atoms with E-state index < -0.39 is 10.0 Å². The maximum absolute atomic E-state index is 12.5. The van der Waals surface area contributed by atoms with Crippen molar-refractivity contribution in [3.63, 3.8) is 0 Å². The fourth-order valence-electron chi connectivity index (χ4n) is 2.25. The van der Waals surface area contributed by atoms with E-state index in [0.717, 1.165) is 12.0 Å². The number of carbonyl (C=O) groups excluding carboxylic acids is 1. The summed E-state index contributed by atoms with van der Waals surface area (Å²) in [6, 6.07) is 13.1. The number of nitrogens with one attached hydrogen (secondary N) is 2. The number of hydrogen-bond acceptors (Lipinski definition) is 3. The Morgan fingerprint density at radius 1 is 1.08 bits per heavy atom. The monoisotopic (exact) mass is 360 g/mol. The Balaban J connectivity index is 2.18. The van der Waals surface area contributed by atoms with Crippen LogP contribution in [0.25, 0.3) is 0 Å². The number of amides is 1. The van der Waals surface area contributed by atoms with E-state index in [0.29, 0.717) is 23.7 Å². The van der Waals surface area contributed by atoms with Crippen molar-refractivity contribution in [3.8, 4) is 0 Å². The van der Waals surface area contributed by atoms with Crippen LogP contribution in [0.4, 0.5) is 5.69 Å². The molecule has 6 heteroatoms. The van der Waals surface area contributed by atoms with Crippen LogP contribution in [0, 0.1) is 12.8 Å². The quantitative estimate of drug-likeness (QED) is 0.792. The molecule has 1 amide bonds. The van der Waals surface area contributed by atoms with Gasteiger partial charge in [-0.05, 0) is 49.1 Å². The highest BCUT2D eigenvalue weighted by Crippen LogP contribution is 2.21. The van der Waals surface area contributed by atoms with Crippen molar-refractivity contribution >= 4 is 21.6 Å². The van der Waals surface area contributed by atoms with Crippen LogP contribution in [0.5, 0.6) is 0 Å². The van der Waals surface area contributed by atoms with Crippen molar-refractivity contribution in [3.05, 3.63) is 59.7 Å². The number of aryl methyl sites for hydroxylation is 1. The minimum Gasteiger partial charge on any atom is -0.352 e. The molecule has 0 aromatic heterocycles. The van der Waals surface area contributed by atoms with Gasteiger partial charge in [0.1, 0.15) is 0 Å². The predicted molar refractivity (Wildman–Crippen MR) is 100 cm³/mol. The van der Waals surface area contributed by atoms with Crippen LogP contribution in [-0.4, -0.2) is 20.9 Å². The van der Waals surface area contributed by atoms with Crippen LogP contribution in [0.2, 0.25) is 0 Å². The Hall–Kier alpha value is -2.34. The van der Waals surface area contributed by atoms with Crippen molar-refractivity contribution in [2.45, 2.75) is 32.1 Å². The van der Waals surface area contributed by atoms with E-state index in [2.05, 4.69) is 23.9 Å². The van der Waals surface area contributed by atoms with E-state index in [1.165, 1.54) is 12.1 Å². The third kappa shape index (κ3) is 5.32. The molecule has 0 saturated carbocycles. The number of sulfonamides is 1. The second-order valence-electron chi connectivity index (χ2n) is 6.39. The average molecular weight is 360 g/mol. The molecule has 0 unspecified atom stereocenters. The zero-order valence-electron chi connectivity index (χ0n) is 14.7. The van der Waals surface area contributed by atoms with Gasteiger partial charge in [-0.1, -0.05) is 38.1 Å². The molecule has 0 aliphatic carbocycles. The molecule has 0 radical (unpaired) electrons. The summed E-state index contributed by atoms with van der Waals surface area (Å²) in [5, 5.41) is 2.86. The van der Waals surface area contributed by atoms with Gasteiger partial charge in [-0.25, -0.2) is 8.42 Å². The first-order chi connectivity index (χ1) is 11.8. The van der Waals surface area contributed by atoms with Gasteiger partial charge in [0, 0.05) is 12.1 Å². The largest absolute Gasteiger partial charge is 0.352 e. The van der Waals surface area contributed by atoms with Crippen LogP contribution >= 0.6 is 0 Å². The second-order valence-corrected chi connectivity index (χ2v) is 8.07. The van der Waals surface area contributed by atoms with Crippen molar-refractivity contribution in [1.82, 2.24) is 5.32 Å². The second kappa shape index (κ2) is 8.16. The van der Waals surface area contributed by atoms with Gasteiger partial charge in [0.25, 0.3) is 15.9 Å². The van der Waals surface area contributed by atoms with E-state index in [-0.39, 0.29) is 10.8 Å². The summed E-state index contributed by atoms with van der Waals surface area (Å²) in [4.78, 5) is 12.4. The number of hydrogen-bond donors (Lipinski definition) is 2. The van der Waals surface area contributed by atoms with Gasteiger partial charge in [-0.3, -0.25) is 9.52 Å². The fraction of sp³-hybridized carbons (Fsp3) is 0.316. The van der Waals surface area contributed by atoms with Crippen LogP contribution in [0.1, 0.15) is 36.2 Å². The standard InChI is InChI=1S/C19H24N2O3S/c1-14(2)11-12-20-19(22)16-10-9-15(3)18(13-16)21-25(23,24)17-7-5-4-6-8-17/h4-10,13-14,21H,11-12H2,1-3H3,(H,20,22). The molecule has 0 fully saturated rings. The van der Waals surface area contributed by atoms with Gasteiger partial charge in [0.05, 0.1) is 10.6 Å². The molecular formula is C19H24N2O3S. The minimum atomic E-state index is -3.69. The molecule has 2 N–H and O–H groups in total. The molecule has 0 saturated heterocycles. The van der Waals surface area contributed by atoms with E-state index >= 15 is 0 Å². The first kappa shape index (κ1) is 19.0. The van der Waals surface area contributed by atoms with Gasteiger partial charge in [0.2, 0.25) is 0 Å². The lowest BCUT2D eigenvalue weighted by molar-refractivity contribution is 0.0952. The summed E-state index contributed by atoms with van der Waals surface area (Å²) in [5.41, 5.74) is 1.58. The Kier molecular flexibility index (Phi) is 6.20. The molecule has 0 aliphatic heterocycles. The first-order valence-electron chi connectivity index (χ1n) is 8.26. The average Bonchev–Trinajstić information content (AvgIpc) is 2.57. The molecule has 2 aromatic rings. The molecule has 25 heavy (non-hydrogen) atoms. The zero-order valence-corrected chi connectivity index (χ0v) is 15.6. The van der Waals surface area contributed by atoms with Crippen LogP contribution in [0.3, 0.4) is 0 Å². The Bertz CT molecular complexity index is 831. The molecule has 134 valence electrons. The summed E-state index contributed by atoms with van der Waals surface area (Å²) < 4.78 is 27.5. The summed E-state index contributed by atoms with van der Waals surface area (Å²) >= 11 is 0. The predicted octanol–water partition coefficient (Wildman–Crippen LogP) is 3.57. The third-order valence-corrected chi connectivity index (χ3v) is 5.19. The van der Waals surface area contributed by atoms with Crippen molar-refractivity contribution in [2.75, 3.05) is 11.3 Å². The van der Waals surface area contributed by atoms with Crippen LogP contribution in [-0.2, 0) is 10.0 Å². The molecule has 0 bridgehead atoms. The van der Waals surface area contributed by atoms with Gasteiger partial charge in [0.15, 0.2) is 0 Å².